The fourth-order valence-electron chi connectivity index (χ4n) is 3.53. The zero-order valence-electron chi connectivity index (χ0n) is 18.9. The molecule has 2 rings (SSSR count). The lowest BCUT2D eigenvalue weighted by Gasteiger charge is -2.31. The summed E-state index contributed by atoms with van der Waals surface area (Å²) >= 11 is 6.27. The van der Waals surface area contributed by atoms with Crippen LogP contribution in [-0.4, -0.2) is 51.0 Å². The summed E-state index contributed by atoms with van der Waals surface area (Å²) in [7, 11) is -2.26. The van der Waals surface area contributed by atoms with Gasteiger partial charge >= 0.3 is 0 Å². The summed E-state index contributed by atoms with van der Waals surface area (Å²) < 4.78 is 39.7. The predicted molar refractivity (Wildman–Crippen MR) is 128 cm³/mol. The molecule has 0 bridgehead atoms. The van der Waals surface area contributed by atoms with Gasteiger partial charge in [-0.1, -0.05) is 48.9 Å². The molecule has 1 N–H and O–H groups in total. The van der Waals surface area contributed by atoms with Crippen molar-refractivity contribution in [2.45, 2.75) is 38.8 Å². The smallest absolute Gasteiger partial charge is 0.242 e. The van der Waals surface area contributed by atoms with Crippen LogP contribution in [0.4, 0.5) is 10.1 Å². The lowest BCUT2D eigenvalue weighted by Crippen LogP contribution is -2.48. The Balaban J connectivity index is 2.21. The van der Waals surface area contributed by atoms with E-state index in [0.717, 1.165) is 10.6 Å². The molecule has 10 heteroatoms. The minimum atomic E-state index is -3.76. The second kappa shape index (κ2) is 12.0. The molecule has 33 heavy (non-hydrogen) atoms. The number of nitrogens with one attached hydrogen (secondary N) is 1. The summed E-state index contributed by atoms with van der Waals surface area (Å²) in [5.74, 6) is -1.30. The monoisotopic (exact) mass is 497 g/mol. The van der Waals surface area contributed by atoms with E-state index in [1.165, 1.54) is 30.1 Å². The first-order valence-corrected chi connectivity index (χ1v) is 12.8. The van der Waals surface area contributed by atoms with Crippen LogP contribution >= 0.6 is 11.6 Å². The number of hydrogen-bond donors (Lipinski definition) is 1. The van der Waals surface area contributed by atoms with Crippen LogP contribution in [-0.2, 0) is 26.2 Å². The highest BCUT2D eigenvalue weighted by Crippen LogP contribution is 2.23. The number of rotatable bonds is 11. The molecule has 7 nitrogen and oxygen atoms in total. The maximum Gasteiger partial charge on any atom is 0.242 e. The first kappa shape index (κ1) is 26.6. The number of sulfonamides is 1. The van der Waals surface area contributed by atoms with Crippen LogP contribution in [0.5, 0.6) is 0 Å². The topological polar surface area (TPSA) is 86.8 Å². The number of hydrogen-bond acceptors (Lipinski definition) is 4. The Morgan fingerprint density at radius 1 is 1.12 bits per heavy atom. The highest BCUT2D eigenvalue weighted by molar-refractivity contribution is 7.92. The van der Waals surface area contributed by atoms with Crippen molar-refractivity contribution < 1.29 is 22.4 Å². The van der Waals surface area contributed by atoms with Gasteiger partial charge in [0.15, 0.2) is 0 Å². The third-order valence-corrected chi connectivity index (χ3v) is 6.75. The molecular weight excluding hydrogens is 469 g/mol. The average Bonchev–Trinajstić information content (AvgIpc) is 2.77. The van der Waals surface area contributed by atoms with Gasteiger partial charge in [0.2, 0.25) is 21.8 Å². The fourth-order valence-corrected chi connectivity index (χ4v) is 4.69. The van der Waals surface area contributed by atoms with Crippen LogP contribution in [0.15, 0.2) is 48.5 Å². The summed E-state index contributed by atoms with van der Waals surface area (Å²) in [6.45, 7) is 1.85. The standard InChI is InChI=1S/C23H29ClFN3O4S/c1-4-20(23(30)26-2)27(16-17-10-5-6-11-18(17)24)22(29)14-9-15-28(33(3,31)32)21-13-8-7-12-19(21)25/h5-8,10-13,20H,4,9,14-16H2,1-3H3,(H,26,30)/t20-/m1/s1. The van der Waals surface area contributed by atoms with Crippen LogP contribution in [0.25, 0.3) is 0 Å². The first-order chi connectivity index (χ1) is 15.6. The van der Waals surface area contributed by atoms with Crippen LogP contribution in [0.2, 0.25) is 5.02 Å². The molecule has 0 heterocycles. The molecule has 180 valence electrons. The molecule has 0 aliphatic carbocycles. The number of likely N-dealkylation sites (N-methyl/N-ethyl adjacent to an activating group) is 1. The van der Waals surface area contributed by atoms with E-state index < -0.39 is 21.9 Å². The van der Waals surface area contributed by atoms with Gasteiger partial charge in [0, 0.05) is 31.6 Å². The fraction of sp³-hybridized carbons (Fsp3) is 0.391. The Kier molecular flexibility index (Phi) is 9.67. The van der Waals surface area contributed by atoms with Crippen molar-refractivity contribution in [3.05, 3.63) is 64.9 Å². The van der Waals surface area contributed by atoms with E-state index in [4.69, 9.17) is 11.6 Å². The van der Waals surface area contributed by atoms with Crippen LogP contribution in [0.1, 0.15) is 31.7 Å². The average molecular weight is 498 g/mol. The van der Waals surface area contributed by atoms with Gasteiger partial charge < -0.3 is 10.2 Å². The number of halogens is 2. The van der Waals surface area contributed by atoms with Gasteiger partial charge in [-0.2, -0.15) is 0 Å². The van der Waals surface area contributed by atoms with Gasteiger partial charge in [0.05, 0.1) is 11.9 Å². The Bertz CT molecular complexity index is 1080. The number of para-hydroxylation sites is 1. The number of carbonyl (C=O) groups is 2. The zero-order chi connectivity index (χ0) is 24.6. The van der Waals surface area contributed by atoms with Gasteiger partial charge in [0.25, 0.3) is 0 Å². The van der Waals surface area contributed by atoms with Crippen molar-refractivity contribution in [1.29, 1.82) is 0 Å². The minimum absolute atomic E-state index is 0.0293. The second-order valence-electron chi connectivity index (χ2n) is 7.54. The van der Waals surface area contributed by atoms with E-state index in [1.54, 1.807) is 37.3 Å². The summed E-state index contributed by atoms with van der Waals surface area (Å²) in [6, 6.07) is 11.9. The van der Waals surface area contributed by atoms with Gasteiger partial charge in [-0.25, -0.2) is 12.8 Å². The molecule has 0 saturated carbocycles. The highest BCUT2D eigenvalue weighted by atomic mass is 35.5. The Morgan fingerprint density at radius 3 is 2.33 bits per heavy atom. The summed E-state index contributed by atoms with van der Waals surface area (Å²) in [6.07, 6.45) is 1.49. The number of amides is 2. The number of nitrogens with zero attached hydrogens (tertiary/aromatic N) is 2. The van der Waals surface area contributed by atoms with Gasteiger partial charge in [-0.05, 0) is 36.6 Å². The summed E-state index contributed by atoms with van der Waals surface area (Å²) in [5.41, 5.74) is 0.621. The lowest BCUT2D eigenvalue weighted by molar-refractivity contribution is -0.141. The van der Waals surface area contributed by atoms with E-state index in [2.05, 4.69) is 5.32 Å². The molecule has 2 amide bonds. The third kappa shape index (κ3) is 7.17. The molecule has 0 aliphatic heterocycles. The SMILES string of the molecule is CC[C@H](C(=O)NC)N(Cc1ccccc1Cl)C(=O)CCCN(c1ccccc1F)S(C)(=O)=O. The summed E-state index contributed by atoms with van der Waals surface area (Å²) in [5, 5.41) is 3.06. The van der Waals surface area contributed by atoms with Crippen LogP contribution in [0, 0.1) is 5.82 Å². The van der Waals surface area contributed by atoms with Crippen LogP contribution in [0.3, 0.4) is 0 Å². The predicted octanol–water partition coefficient (Wildman–Crippen LogP) is 3.58. The Labute approximate surface area is 199 Å². The maximum atomic E-state index is 14.2. The molecule has 0 fully saturated rings. The normalized spacial score (nSPS) is 12.2. The first-order valence-electron chi connectivity index (χ1n) is 10.6. The van der Waals surface area contributed by atoms with Crippen molar-refractivity contribution in [3.63, 3.8) is 0 Å². The molecule has 0 unspecified atom stereocenters. The number of benzene rings is 2. The van der Waals surface area contributed by atoms with E-state index in [1.807, 2.05) is 0 Å². The Hall–Kier alpha value is -2.65. The molecule has 2 aromatic carbocycles. The van der Waals surface area contributed by atoms with Crippen molar-refractivity contribution in [1.82, 2.24) is 10.2 Å². The van der Waals surface area contributed by atoms with E-state index in [9.17, 15) is 22.4 Å². The van der Waals surface area contributed by atoms with Gasteiger partial charge in [-0.15, -0.1) is 0 Å². The largest absolute Gasteiger partial charge is 0.357 e. The van der Waals surface area contributed by atoms with Crippen LogP contribution < -0.4 is 9.62 Å². The number of anilines is 1. The zero-order valence-corrected chi connectivity index (χ0v) is 20.5. The van der Waals surface area contributed by atoms with E-state index >= 15 is 0 Å². The molecule has 0 aliphatic rings. The molecule has 0 aromatic heterocycles. The third-order valence-electron chi connectivity index (χ3n) is 5.20. The van der Waals surface area contributed by atoms with Gasteiger partial charge in [-0.3, -0.25) is 13.9 Å². The quantitative estimate of drug-likeness (QED) is 0.514. The molecular formula is C23H29ClFN3O4S. The van der Waals surface area contributed by atoms with Crippen molar-refractivity contribution >= 4 is 39.1 Å². The highest BCUT2D eigenvalue weighted by Gasteiger charge is 2.29. The molecule has 1 atom stereocenters. The van der Waals surface area contributed by atoms with Gasteiger partial charge in [0.1, 0.15) is 11.9 Å². The molecule has 0 saturated heterocycles. The maximum absolute atomic E-state index is 14.2. The second-order valence-corrected chi connectivity index (χ2v) is 9.86. The molecule has 0 spiro atoms. The van der Waals surface area contributed by atoms with E-state index in [-0.39, 0.29) is 43.4 Å². The minimum Gasteiger partial charge on any atom is -0.357 e. The van der Waals surface area contributed by atoms with Crippen molar-refractivity contribution in [3.8, 4) is 0 Å². The number of carbonyl (C=O) groups excluding carboxylic acids is 2. The molecule has 0 radical (unpaired) electrons. The van der Waals surface area contributed by atoms with Crippen molar-refractivity contribution in [2.75, 3.05) is 24.2 Å². The van der Waals surface area contributed by atoms with Crippen molar-refractivity contribution in [2.24, 2.45) is 0 Å². The Morgan fingerprint density at radius 2 is 1.76 bits per heavy atom. The lowest BCUT2D eigenvalue weighted by atomic mass is 10.1. The van der Waals surface area contributed by atoms with E-state index in [0.29, 0.717) is 17.0 Å². The molecule has 2 aromatic rings. The summed E-state index contributed by atoms with van der Waals surface area (Å²) in [4.78, 5) is 27.1.